The van der Waals surface area contributed by atoms with Crippen molar-refractivity contribution in [2.75, 3.05) is 11.9 Å². The monoisotopic (exact) mass is 270 g/mol. The van der Waals surface area contributed by atoms with Crippen molar-refractivity contribution in [1.29, 1.82) is 0 Å². The summed E-state index contributed by atoms with van der Waals surface area (Å²) in [6, 6.07) is 3.55. The van der Waals surface area contributed by atoms with Gasteiger partial charge in [-0.25, -0.2) is 4.79 Å². The maximum atomic E-state index is 12.1. The van der Waals surface area contributed by atoms with Crippen LogP contribution in [0, 0.1) is 0 Å². The summed E-state index contributed by atoms with van der Waals surface area (Å²) in [7, 11) is 0. The first-order valence-electron chi connectivity index (χ1n) is 5.62. The van der Waals surface area contributed by atoms with Crippen molar-refractivity contribution in [1.82, 2.24) is 4.98 Å². The van der Waals surface area contributed by atoms with E-state index >= 15 is 0 Å². The van der Waals surface area contributed by atoms with E-state index in [4.69, 9.17) is 0 Å². The molecule has 1 aliphatic rings. The first kappa shape index (κ1) is 11.9. The quantitative estimate of drug-likeness (QED) is 0.783. The van der Waals surface area contributed by atoms with E-state index in [0.717, 1.165) is 11.3 Å². The highest BCUT2D eigenvalue weighted by Gasteiger charge is 2.35. The van der Waals surface area contributed by atoms with E-state index in [1.165, 1.54) is 6.20 Å². The van der Waals surface area contributed by atoms with Crippen LogP contribution in [-0.2, 0) is 11.2 Å². The molecule has 1 aromatic carbocycles. The SMILES string of the molecule is O=C(OC(F)(F)F)c1c[nH]c2ccc3c(c12)CCN3. The molecule has 2 aromatic rings. The first-order chi connectivity index (χ1) is 8.96. The molecule has 0 fully saturated rings. The van der Waals surface area contributed by atoms with Crippen molar-refractivity contribution < 1.29 is 22.7 Å². The second-order valence-corrected chi connectivity index (χ2v) is 4.23. The third-order valence-electron chi connectivity index (χ3n) is 3.07. The highest BCUT2D eigenvalue weighted by Crippen LogP contribution is 2.33. The number of aromatic nitrogens is 1. The van der Waals surface area contributed by atoms with Gasteiger partial charge in [-0.1, -0.05) is 0 Å². The Hall–Kier alpha value is -2.18. The molecule has 0 unspecified atom stereocenters. The smallest absolute Gasteiger partial charge is 0.384 e. The molecule has 0 saturated heterocycles. The number of carbonyl (C=O) groups excluding carboxylic acids is 1. The van der Waals surface area contributed by atoms with Gasteiger partial charge in [0.25, 0.3) is 0 Å². The number of benzene rings is 1. The van der Waals surface area contributed by atoms with Crippen LogP contribution >= 0.6 is 0 Å². The molecule has 3 rings (SSSR count). The lowest BCUT2D eigenvalue weighted by Gasteiger charge is -2.07. The minimum Gasteiger partial charge on any atom is -0.384 e. The van der Waals surface area contributed by atoms with Crippen molar-refractivity contribution in [3.8, 4) is 0 Å². The number of ether oxygens (including phenoxy) is 1. The Morgan fingerprint density at radius 2 is 2.11 bits per heavy atom. The van der Waals surface area contributed by atoms with Crippen LogP contribution in [0.15, 0.2) is 18.3 Å². The normalized spacial score (nSPS) is 14.3. The minimum atomic E-state index is -4.98. The van der Waals surface area contributed by atoms with Gasteiger partial charge < -0.3 is 15.0 Å². The van der Waals surface area contributed by atoms with Gasteiger partial charge in [-0.15, -0.1) is 13.2 Å². The molecule has 0 atom stereocenters. The Morgan fingerprint density at radius 3 is 2.84 bits per heavy atom. The summed E-state index contributed by atoms with van der Waals surface area (Å²) in [6.45, 7) is 0.702. The van der Waals surface area contributed by atoms with Crippen LogP contribution in [0.3, 0.4) is 0 Å². The highest BCUT2D eigenvalue weighted by atomic mass is 19.4. The molecule has 0 aliphatic carbocycles. The van der Waals surface area contributed by atoms with Gasteiger partial charge in [0.05, 0.1) is 5.56 Å². The zero-order valence-electron chi connectivity index (χ0n) is 9.60. The third-order valence-corrected chi connectivity index (χ3v) is 3.07. The number of carbonyl (C=O) groups is 1. The summed E-state index contributed by atoms with van der Waals surface area (Å²) >= 11 is 0. The molecule has 2 N–H and O–H groups in total. The number of nitrogens with one attached hydrogen (secondary N) is 2. The molecule has 0 bridgehead atoms. The topological polar surface area (TPSA) is 54.1 Å². The number of hydrogen-bond acceptors (Lipinski definition) is 3. The zero-order chi connectivity index (χ0) is 13.6. The van der Waals surface area contributed by atoms with Crippen LogP contribution in [0.25, 0.3) is 10.9 Å². The summed E-state index contributed by atoms with van der Waals surface area (Å²) in [4.78, 5) is 14.3. The van der Waals surface area contributed by atoms with Crippen molar-refractivity contribution in [2.45, 2.75) is 12.8 Å². The van der Waals surface area contributed by atoms with Gasteiger partial charge in [-0.2, -0.15) is 0 Å². The van der Waals surface area contributed by atoms with E-state index in [1.807, 2.05) is 6.07 Å². The second-order valence-electron chi connectivity index (χ2n) is 4.23. The fourth-order valence-electron chi connectivity index (χ4n) is 2.37. The molecule has 4 nitrogen and oxygen atoms in total. The van der Waals surface area contributed by atoms with Crippen molar-refractivity contribution in [3.05, 3.63) is 29.5 Å². The van der Waals surface area contributed by atoms with Crippen LogP contribution in [0.2, 0.25) is 0 Å². The van der Waals surface area contributed by atoms with Crippen LogP contribution in [-0.4, -0.2) is 23.9 Å². The minimum absolute atomic E-state index is 0.0899. The van der Waals surface area contributed by atoms with Gasteiger partial charge in [0, 0.05) is 29.3 Å². The third kappa shape index (κ3) is 2.00. The lowest BCUT2D eigenvalue weighted by atomic mass is 10.0. The molecule has 7 heteroatoms. The van der Waals surface area contributed by atoms with Crippen LogP contribution < -0.4 is 5.32 Å². The van der Waals surface area contributed by atoms with Gasteiger partial charge in [0.2, 0.25) is 0 Å². The van der Waals surface area contributed by atoms with E-state index in [9.17, 15) is 18.0 Å². The highest BCUT2D eigenvalue weighted by molar-refractivity contribution is 6.07. The van der Waals surface area contributed by atoms with Crippen LogP contribution in [0.4, 0.5) is 18.9 Å². The summed E-state index contributed by atoms with van der Waals surface area (Å²) < 4.78 is 39.8. The Labute approximate surface area is 105 Å². The molecule has 2 heterocycles. The average Bonchev–Trinajstić information content (AvgIpc) is 2.92. The van der Waals surface area contributed by atoms with E-state index in [2.05, 4.69) is 15.0 Å². The Kier molecular flexibility index (Phi) is 2.44. The number of halogens is 3. The zero-order valence-corrected chi connectivity index (χ0v) is 9.60. The Balaban J connectivity index is 2.10. The van der Waals surface area contributed by atoms with E-state index < -0.39 is 12.3 Å². The molecule has 0 amide bonds. The second kappa shape index (κ2) is 3.91. The molecule has 100 valence electrons. The summed E-state index contributed by atoms with van der Waals surface area (Å²) in [5, 5.41) is 3.61. The number of rotatable bonds is 1. The largest absolute Gasteiger partial charge is 0.575 e. The molecule has 1 aliphatic heterocycles. The fraction of sp³-hybridized carbons (Fsp3) is 0.250. The maximum Gasteiger partial charge on any atom is 0.575 e. The Bertz CT molecular complexity index is 661. The van der Waals surface area contributed by atoms with Gasteiger partial charge in [-0.3, -0.25) is 0 Å². The number of aromatic amines is 1. The molecule has 0 spiro atoms. The van der Waals surface area contributed by atoms with Gasteiger partial charge in [0.1, 0.15) is 0 Å². The van der Waals surface area contributed by atoms with Gasteiger partial charge in [-0.05, 0) is 24.1 Å². The predicted molar refractivity (Wildman–Crippen MR) is 62.0 cm³/mol. The number of anilines is 1. The summed E-state index contributed by atoms with van der Waals surface area (Å²) in [6.07, 6.45) is -3.06. The number of H-pyrrole nitrogens is 1. The Morgan fingerprint density at radius 1 is 1.32 bits per heavy atom. The molecule has 19 heavy (non-hydrogen) atoms. The van der Waals surface area contributed by atoms with E-state index in [1.54, 1.807) is 6.07 Å². The van der Waals surface area contributed by atoms with Crippen molar-refractivity contribution in [2.24, 2.45) is 0 Å². The summed E-state index contributed by atoms with van der Waals surface area (Å²) in [5.41, 5.74) is 2.21. The summed E-state index contributed by atoms with van der Waals surface area (Å²) in [5.74, 6) is -1.39. The van der Waals surface area contributed by atoms with Crippen LogP contribution in [0.1, 0.15) is 15.9 Å². The van der Waals surface area contributed by atoms with Crippen LogP contribution in [0.5, 0.6) is 0 Å². The molecule has 0 saturated carbocycles. The number of hydrogen-bond donors (Lipinski definition) is 2. The lowest BCUT2D eigenvalue weighted by Crippen LogP contribution is -2.19. The predicted octanol–water partition coefficient (Wildman–Crippen LogP) is 2.81. The molecule has 0 radical (unpaired) electrons. The van der Waals surface area contributed by atoms with E-state index in [-0.39, 0.29) is 5.56 Å². The van der Waals surface area contributed by atoms with E-state index in [0.29, 0.717) is 23.9 Å². The van der Waals surface area contributed by atoms with Crippen molar-refractivity contribution in [3.63, 3.8) is 0 Å². The maximum absolute atomic E-state index is 12.1. The van der Waals surface area contributed by atoms with Gasteiger partial charge in [0.15, 0.2) is 0 Å². The van der Waals surface area contributed by atoms with Gasteiger partial charge >= 0.3 is 12.3 Å². The lowest BCUT2D eigenvalue weighted by molar-refractivity contribution is -0.291. The number of fused-ring (bicyclic) bond motifs is 3. The number of alkyl halides is 3. The average molecular weight is 270 g/mol. The first-order valence-corrected chi connectivity index (χ1v) is 5.62. The standard InChI is InChI=1S/C12H9F3N2O2/c13-12(14,15)19-11(18)7-5-17-9-2-1-8-6(10(7)9)3-4-16-8/h1-2,5,16-17H,3-4H2. The molecular weight excluding hydrogens is 261 g/mol. The molecule has 1 aromatic heterocycles. The van der Waals surface area contributed by atoms with Crippen molar-refractivity contribution >= 4 is 22.6 Å². The fourth-order valence-corrected chi connectivity index (χ4v) is 2.37. The molecular formula is C12H9F3N2O2. The number of esters is 1.